The zero-order chi connectivity index (χ0) is 14.1. The molecule has 0 heterocycles. The average molecular weight is 268 g/mol. The van der Waals surface area contributed by atoms with E-state index in [-0.39, 0.29) is 24.4 Å². The van der Waals surface area contributed by atoms with Crippen molar-refractivity contribution in [2.75, 3.05) is 19.7 Å². The normalized spacial score (nSPS) is 11.9. The van der Waals surface area contributed by atoms with Crippen LogP contribution in [0.3, 0.4) is 0 Å². The first-order valence-electron chi connectivity index (χ1n) is 6.49. The maximum absolute atomic E-state index is 13.3. The molecule has 5 heteroatoms. The van der Waals surface area contributed by atoms with E-state index in [0.717, 1.165) is 0 Å². The molecule has 1 unspecified atom stereocenters. The smallest absolute Gasteiger partial charge is 0.314 e. The van der Waals surface area contributed by atoms with Gasteiger partial charge in [-0.25, -0.2) is 9.18 Å². The van der Waals surface area contributed by atoms with Crippen molar-refractivity contribution in [3.63, 3.8) is 0 Å². The Morgan fingerprint density at radius 3 is 2.79 bits per heavy atom. The van der Waals surface area contributed by atoms with E-state index < -0.39 is 0 Å². The Balaban J connectivity index is 2.19. The predicted molar refractivity (Wildman–Crippen MR) is 72.4 cm³/mol. The molecule has 1 aromatic carbocycles. The monoisotopic (exact) mass is 268 g/mol. The molecule has 0 radical (unpaired) electrons. The number of aliphatic hydroxyl groups is 1. The van der Waals surface area contributed by atoms with Crippen LogP contribution in [0.2, 0.25) is 0 Å². The van der Waals surface area contributed by atoms with E-state index >= 15 is 0 Å². The Morgan fingerprint density at radius 2 is 2.11 bits per heavy atom. The van der Waals surface area contributed by atoms with Gasteiger partial charge < -0.3 is 15.7 Å². The molecule has 4 nitrogen and oxygen atoms in total. The van der Waals surface area contributed by atoms with Gasteiger partial charge in [0.25, 0.3) is 0 Å². The molecule has 0 aromatic heterocycles. The number of carbonyl (C=O) groups excluding carboxylic acids is 1. The summed E-state index contributed by atoms with van der Waals surface area (Å²) in [4.78, 5) is 11.4. The number of nitrogens with one attached hydrogen (secondary N) is 2. The van der Waals surface area contributed by atoms with E-state index in [1.54, 1.807) is 18.2 Å². The van der Waals surface area contributed by atoms with Gasteiger partial charge >= 0.3 is 6.03 Å². The summed E-state index contributed by atoms with van der Waals surface area (Å²) in [6, 6.07) is 6.27. The molecule has 2 amide bonds. The second kappa shape index (κ2) is 8.48. The van der Waals surface area contributed by atoms with Crippen LogP contribution >= 0.6 is 0 Å². The highest BCUT2D eigenvalue weighted by Crippen LogP contribution is 2.06. The minimum Gasteiger partial charge on any atom is -0.396 e. The molecule has 0 aliphatic heterocycles. The Hall–Kier alpha value is -1.62. The lowest BCUT2D eigenvalue weighted by atomic mass is 10.1. The van der Waals surface area contributed by atoms with E-state index in [2.05, 4.69) is 10.6 Å². The average Bonchev–Trinajstić information content (AvgIpc) is 2.39. The van der Waals surface area contributed by atoms with Crippen molar-refractivity contribution in [3.8, 4) is 0 Å². The highest BCUT2D eigenvalue weighted by atomic mass is 19.1. The maximum Gasteiger partial charge on any atom is 0.314 e. The van der Waals surface area contributed by atoms with Crippen LogP contribution in [-0.2, 0) is 6.42 Å². The summed E-state index contributed by atoms with van der Waals surface area (Å²) < 4.78 is 13.3. The number of rotatable bonds is 7. The van der Waals surface area contributed by atoms with E-state index in [9.17, 15) is 9.18 Å². The standard InChI is InChI=1S/C14H21FN2O2/c1-11(7-9-18)10-17-14(19)16-8-6-12-4-2-3-5-13(12)15/h2-5,11,18H,6-10H2,1H3,(H2,16,17,19). The van der Waals surface area contributed by atoms with Gasteiger partial charge in [0.15, 0.2) is 0 Å². The molecule has 0 fully saturated rings. The molecule has 1 aromatic rings. The molecular formula is C14H21FN2O2. The number of carbonyl (C=O) groups is 1. The maximum atomic E-state index is 13.3. The zero-order valence-electron chi connectivity index (χ0n) is 11.2. The number of urea groups is 1. The van der Waals surface area contributed by atoms with Crippen molar-refractivity contribution in [1.29, 1.82) is 0 Å². The van der Waals surface area contributed by atoms with Crippen LogP contribution in [-0.4, -0.2) is 30.8 Å². The number of halogens is 1. The lowest BCUT2D eigenvalue weighted by molar-refractivity contribution is 0.234. The van der Waals surface area contributed by atoms with Crippen molar-refractivity contribution in [3.05, 3.63) is 35.6 Å². The fraction of sp³-hybridized carbons (Fsp3) is 0.500. The highest BCUT2D eigenvalue weighted by molar-refractivity contribution is 5.73. The van der Waals surface area contributed by atoms with Crippen molar-refractivity contribution >= 4 is 6.03 Å². The highest BCUT2D eigenvalue weighted by Gasteiger charge is 2.05. The number of hydrogen-bond donors (Lipinski definition) is 3. The third-order valence-electron chi connectivity index (χ3n) is 2.87. The van der Waals surface area contributed by atoms with Crippen LogP contribution in [0.1, 0.15) is 18.9 Å². The Kier molecular flexibility index (Phi) is 6.89. The van der Waals surface area contributed by atoms with Gasteiger partial charge in [0, 0.05) is 19.7 Å². The summed E-state index contributed by atoms with van der Waals surface area (Å²) in [6.45, 7) is 2.99. The third kappa shape index (κ3) is 6.20. The second-order valence-electron chi connectivity index (χ2n) is 4.60. The van der Waals surface area contributed by atoms with E-state index in [1.807, 2.05) is 6.92 Å². The molecule has 3 N–H and O–H groups in total. The Labute approximate surface area is 113 Å². The molecule has 1 rings (SSSR count). The van der Waals surface area contributed by atoms with Gasteiger partial charge in [0.05, 0.1) is 0 Å². The molecule has 0 saturated carbocycles. The number of aliphatic hydroxyl groups excluding tert-OH is 1. The summed E-state index contributed by atoms with van der Waals surface area (Å²) in [6.07, 6.45) is 1.13. The minimum atomic E-state index is -0.263. The lowest BCUT2D eigenvalue weighted by Gasteiger charge is -2.12. The van der Waals surface area contributed by atoms with Crippen molar-refractivity contribution in [2.45, 2.75) is 19.8 Å². The molecule has 0 spiro atoms. The number of benzene rings is 1. The van der Waals surface area contributed by atoms with Gasteiger partial charge in [0.2, 0.25) is 0 Å². The van der Waals surface area contributed by atoms with Crippen molar-refractivity contribution < 1.29 is 14.3 Å². The van der Waals surface area contributed by atoms with Crippen LogP contribution in [0, 0.1) is 11.7 Å². The van der Waals surface area contributed by atoms with Gasteiger partial charge in [-0.3, -0.25) is 0 Å². The minimum absolute atomic E-state index is 0.123. The van der Waals surface area contributed by atoms with E-state index in [4.69, 9.17) is 5.11 Å². The molecule has 1 atom stereocenters. The molecule has 0 aliphatic carbocycles. The van der Waals surface area contributed by atoms with Crippen molar-refractivity contribution in [1.82, 2.24) is 10.6 Å². The van der Waals surface area contributed by atoms with Gasteiger partial charge in [-0.2, -0.15) is 0 Å². The molecule has 106 valence electrons. The molecule has 0 saturated heterocycles. The molecule has 19 heavy (non-hydrogen) atoms. The summed E-state index contributed by atoms with van der Waals surface area (Å²) in [5.74, 6) is -0.0106. The SMILES string of the molecule is CC(CCO)CNC(=O)NCCc1ccccc1F. The van der Waals surface area contributed by atoms with Crippen molar-refractivity contribution in [2.24, 2.45) is 5.92 Å². The summed E-state index contributed by atoms with van der Waals surface area (Å²) >= 11 is 0. The first-order chi connectivity index (χ1) is 9.13. The van der Waals surface area contributed by atoms with Crippen LogP contribution in [0.25, 0.3) is 0 Å². The third-order valence-corrected chi connectivity index (χ3v) is 2.87. The van der Waals surface area contributed by atoms with Gasteiger partial charge in [-0.05, 0) is 30.4 Å². The van der Waals surface area contributed by atoms with E-state index in [1.165, 1.54) is 6.07 Å². The second-order valence-corrected chi connectivity index (χ2v) is 4.60. The van der Waals surface area contributed by atoms with Crippen LogP contribution < -0.4 is 10.6 Å². The van der Waals surface area contributed by atoms with Gasteiger partial charge in [0.1, 0.15) is 5.82 Å². The number of amides is 2. The Morgan fingerprint density at radius 1 is 1.37 bits per heavy atom. The molecule has 0 bridgehead atoms. The zero-order valence-corrected chi connectivity index (χ0v) is 11.2. The topological polar surface area (TPSA) is 61.4 Å². The van der Waals surface area contributed by atoms with Gasteiger partial charge in [-0.1, -0.05) is 25.1 Å². The van der Waals surface area contributed by atoms with E-state index in [0.29, 0.717) is 31.5 Å². The van der Waals surface area contributed by atoms with Crippen LogP contribution in [0.15, 0.2) is 24.3 Å². The summed E-state index contributed by atoms with van der Waals surface area (Å²) in [5, 5.41) is 14.1. The number of hydrogen-bond acceptors (Lipinski definition) is 2. The first kappa shape index (κ1) is 15.4. The quantitative estimate of drug-likeness (QED) is 0.704. The van der Waals surface area contributed by atoms with Crippen LogP contribution in [0.5, 0.6) is 0 Å². The predicted octanol–water partition coefficient (Wildman–Crippen LogP) is 1.69. The molecular weight excluding hydrogens is 247 g/mol. The first-order valence-corrected chi connectivity index (χ1v) is 6.49. The van der Waals surface area contributed by atoms with Crippen LogP contribution in [0.4, 0.5) is 9.18 Å². The largest absolute Gasteiger partial charge is 0.396 e. The fourth-order valence-corrected chi connectivity index (χ4v) is 1.66. The lowest BCUT2D eigenvalue weighted by Crippen LogP contribution is -2.38. The Bertz CT molecular complexity index is 399. The molecule has 0 aliphatic rings. The fourth-order valence-electron chi connectivity index (χ4n) is 1.66. The summed E-state index contributed by atoms with van der Waals surface area (Å²) in [7, 11) is 0. The summed E-state index contributed by atoms with van der Waals surface area (Å²) in [5.41, 5.74) is 0.594. The van der Waals surface area contributed by atoms with Gasteiger partial charge in [-0.15, -0.1) is 0 Å².